The molecule has 1 saturated heterocycles. The summed E-state index contributed by atoms with van der Waals surface area (Å²) in [4.78, 5) is 14.4. The fraction of sp³-hybridized carbons (Fsp3) is 0.562. The Hall–Kier alpha value is -1.19. The molecular weight excluding hydrogens is 238 g/mol. The van der Waals surface area contributed by atoms with Gasteiger partial charge in [0.15, 0.2) is 5.78 Å². The van der Waals surface area contributed by atoms with Crippen LogP contribution in [0.1, 0.15) is 36.0 Å². The molecule has 1 aliphatic heterocycles. The van der Waals surface area contributed by atoms with Crippen LogP contribution in [0.25, 0.3) is 0 Å². The zero-order chi connectivity index (χ0) is 13.5. The molecule has 0 saturated carbocycles. The van der Waals surface area contributed by atoms with Gasteiger partial charge in [-0.05, 0) is 38.3 Å². The summed E-state index contributed by atoms with van der Waals surface area (Å²) in [7, 11) is 0. The van der Waals surface area contributed by atoms with Gasteiger partial charge >= 0.3 is 0 Å². The maximum atomic E-state index is 12.0. The van der Waals surface area contributed by atoms with E-state index in [-0.39, 0.29) is 5.78 Å². The first-order chi connectivity index (χ1) is 9.29. The van der Waals surface area contributed by atoms with E-state index < -0.39 is 0 Å². The van der Waals surface area contributed by atoms with E-state index in [1.54, 1.807) is 0 Å². The number of Topliss-reactive ketones (excluding diaryl/α,β-unsaturated/α-hetero) is 1. The molecule has 1 heterocycles. The molecule has 1 aromatic rings. The Balaban J connectivity index is 1.71. The van der Waals surface area contributed by atoms with Gasteiger partial charge in [0.2, 0.25) is 0 Å². The molecule has 0 amide bonds. The lowest BCUT2D eigenvalue weighted by Crippen LogP contribution is -2.35. The Morgan fingerprint density at radius 2 is 1.89 bits per heavy atom. The molecule has 0 atom stereocenters. The monoisotopic (exact) mass is 261 g/mol. The minimum absolute atomic E-state index is 0.234. The van der Waals surface area contributed by atoms with Crippen LogP contribution in [0, 0.1) is 5.92 Å². The van der Waals surface area contributed by atoms with Crippen molar-refractivity contribution in [3.05, 3.63) is 35.9 Å². The van der Waals surface area contributed by atoms with Crippen molar-refractivity contribution < 1.29 is 9.90 Å². The van der Waals surface area contributed by atoms with Gasteiger partial charge in [-0.1, -0.05) is 30.3 Å². The predicted molar refractivity (Wildman–Crippen MR) is 76.3 cm³/mol. The summed E-state index contributed by atoms with van der Waals surface area (Å²) >= 11 is 0. The number of benzene rings is 1. The second-order valence-electron chi connectivity index (χ2n) is 5.34. The van der Waals surface area contributed by atoms with Gasteiger partial charge in [-0.15, -0.1) is 0 Å². The SMILES string of the molecule is O=C(CCN1CCC(CCO)CC1)c1ccccc1. The second kappa shape index (κ2) is 7.41. The fourth-order valence-corrected chi connectivity index (χ4v) is 2.71. The minimum Gasteiger partial charge on any atom is -0.396 e. The largest absolute Gasteiger partial charge is 0.396 e. The van der Waals surface area contributed by atoms with Gasteiger partial charge in [0.1, 0.15) is 0 Å². The highest BCUT2D eigenvalue weighted by Crippen LogP contribution is 2.20. The number of likely N-dealkylation sites (tertiary alicyclic amines) is 1. The van der Waals surface area contributed by atoms with Crippen LogP contribution in [0.5, 0.6) is 0 Å². The van der Waals surface area contributed by atoms with Gasteiger partial charge in [-0.2, -0.15) is 0 Å². The molecule has 0 spiro atoms. The summed E-state index contributed by atoms with van der Waals surface area (Å²) in [6.45, 7) is 3.29. The highest BCUT2D eigenvalue weighted by atomic mass is 16.3. The van der Waals surface area contributed by atoms with Crippen molar-refractivity contribution in [2.45, 2.75) is 25.7 Å². The van der Waals surface area contributed by atoms with Crippen LogP contribution in [0.15, 0.2) is 30.3 Å². The zero-order valence-corrected chi connectivity index (χ0v) is 11.4. The molecule has 0 unspecified atom stereocenters. The number of rotatable bonds is 6. The lowest BCUT2D eigenvalue weighted by atomic mass is 9.94. The normalized spacial score (nSPS) is 17.5. The summed E-state index contributed by atoms with van der Waals surface area (Å²) in [5.74, 6) is 0.907. The van der Waals surface area contributed by atoms with Crippen molar-refractivity contribution in [3.63, 3.8) is 0 Å². The zero-order valence-electron chi connectivity index (χ0n) is 11.4. The quantitative estimate of drug-likeness (QED) is 0.799. The molecule has 0 bridgehead atoms. The minimum atomic E-state index is 0.234. The molecule has 19 heavy (non-hydrogen) atoms. The number of aliphatic hydroxyl groups is 1. The molecule has 3 nitrogen and oxygen atoms in total. The standard InChI is InChI=1S/C16H23NO2/c18-13-9-14-6-10-17(11-7-14)12-8-16(19)15-4-2-1-3-5-15/h1-5,14,18H,6-13H2. The summed E-state index contributed by atoms with van der Waals surface area (Å²) in [5, 5.41) is 8.93. The van der Waals surface area contributed by atoms with Crippen molar-refractivity contribution >= 4 is 5.78 Å². The van der Waals surface area contributed by atoms with Gasteiger partial charge in [-0.25, -0.2) is 0 Å². The Morgan fingerprint density at radius 1 is 1.21 bits per heavy atom. The number of aliphatic hydroxyl groups excluding tert-OH is 1. The van der Waals surface area contributed by atoms with Crippen LogP contribution in [0.3, 0.4) is 0 Å². The number of nitrogens with zero attached hydrogens (tertiary/aromatic N) is 1. The molecular formula is C16H23NO2. The Morgan fingerprint density at radius 3 is 2.53 bits per heavy atom. The van der Waals surface area contributed by atoms with E-state index in [0.29, 0.717) is 18.9 Å². The first kappa shape index (κ1) is 14.2. The first-order valence-electron chi connectivity index (χ1n) is 7.21. The lowest BCUT2D eigenvalue weighted by Gasteiger charge is -2.31. The van der Waals surface area contributed by atoms with Crippen molar-refractivity contribution in [2.75, 3.05) is 26.2 Å². The molecule has 1 fully saturated rings. The number of piperidine rings is 1. The topological polar surface area (TPSA) is 40.5 Å². The number of hydrogen-bond donors (Lipinski definition) is 1. The van der Waals surface area contributed by atoms with Crippen LogP contribution in [-0.4, -0.2) is 42.0 Å². The van der Waals surface area contributed by atoms with E-state index >= 15 is 0 Å². The van der Waals surface area contributed by atoms with E-state index in [4.69, 9.17) is 5.11 Å². The third-order valence-corrected chi connectivity index (χ3v) is 4.00. The van der Waals surface area contributed by atoms with Gasteiger partial charge in [-0.3, -0.25) is 4.79 Å². The van der Waals surface area contributed by atoms with E-state index in [0.717, 1.165) is 44.5 Å². The van der Waals surface area contributed by atoms with Gasteiger partial charge in [0.05, 0.1) is 0 Å². The molecule has 0 aromatic heterocycles. The van der Waals surface area contributed by atoms with Gasteiger partial charge in [0.25, 0.3) is 0 Å². The van der Waals surface area contributed by atoms with E-state index in [1.807, 2.05) is 30.3 Å². The predicted octanol–water partition coefficient (Wildman–Crippen LogP) is 2.35. The molecule has 0 radical (unpaired) electrons. The van der Waals surface area contributed by atoms with E-state index in [9.17, 15) is 4.79 Å². The van der Waals surface area contributed by atoms with Crippen molar-refractivity contribution in [3.8, 4) is 0 Å². The van der Waals surface area contributed by atoms with Crippen LogP contribution in [-0.2, 0) is 0 Å². The van der Waals surface area contributed by atoms with Gasteiger partial charge in [0, 0.05) is 25.1 Å². The third-order valence-electron chi connectivity index (χ3n) is 4.00. The molecule has 1 aromatic carbocycles. The number of carbonyl (C=O) groups excluding carboxylic acids is 1. The summed E-state index contributed by atoms with van der Waals surface area (Å²) in [6.07, 6.45) is 3.84. The molecule has 1 N–H and O–H groups in total. The Bertz CT molecular complexity index is 383. The maximum absolute atomic E-state index is 12.0. The van der Waals surface area contributed by atoms with Crippen LogP contribution >= 0.6 is 0 Å². The Labute approximate surface area is 115 Å². The molecule has 3 heteroatoms. The molecule has 2 rings (SSSR count). The lowest BCUT2D eigenvalue weighted by molar-refractivity contribution is 0.0947. The molecule has 0 aliphatic carbocycles. The average Bonchev–Trinajstić information content (AvgIpc) is 2.47. The highest BCUT2D eigenvalue weighted by molar-refractivity contribution is 5.96. The van der Waals surface area contributed by atoms with E-state index in [2.05, 4.69) is 4.90 Å². The van der Waals surface area contributed by atoms with Crippen molar-refractivity contribution in [2.24, 2.45) is 5.92 Å². The van der Waals surface area contributed by atoms with Crippen LogP contribution in [0.4, 0.5) is 0 Å². The summed E-state index contributed by atoms with van der Waals surface area (Å²) in [5.41, 5.74) is 0.817. The fourth-order valence-electron chi connectivity index (χ4n) is 2.71. The molecule has 1 aliphatic rings. The average molecular weight is 261 g/mol. The van der Waals surface area contributed by atoms with Crippen molar-refractivity contribution in [1.82, 2.24) is 4.90 Å². The smallest absolute Gasteiger partial charge is 0.164 e. The first-order valence-corrected chi connectivity index (χ1v) is 7.21. The number of ketones is 1. The van der Waals surface area contributed by atoms with Crippen LogP contribution in [0.2, 0.25) is 0 Å². The van der Waals surface area contributed by atoms with E-state index in [1.165, 1.54) is 0 Å². The van der Waals surface area contributed by atoms with Gasteiger partial charge < -0.3 is 10.0 Å². The third kappa shape index (κ3) is 4.44. The number of carbonyl (C=O) groups is 1. The van der Waals surface area contributed by atoms with Crippen LogP contribution < -0.4 is 0 Å². The van der Waals surface area contributed by atoms with Crippen molar-refractivity contribution in [1.29, 1.82) is 0 Å². The highest BCUT2D eigenvalue weighted by Gasteiger charge is 2.19. The summed E-state index contributed by atoms with van der Waals surface area (Å²) in [6, 6.07) is 9.52. The maximum Gasteiger partial charge on any atom is 0.164 e. The number of hydrogen-bond acceptors (Lipinski definition) is 3. The second-order valence-corrected chi connectivity index (χ2v) is 5.34. The molecule has 104 valence electrons. The summed E-state index contributed by atoms with van der Waals surface area (Å²) < 4.78 is 0. The Kier molecular flexibility index (Phi) is 5.55.